The van der Waals surface area contributed by atoms with Crippen LogP contribution in [0.5, 0.6) is 0 Å². The van der Waals surface area contributed by atoms with Gasteiger partial charge in [-0.15, -0.1) is 12.4 Å². The highest BCUT2D eigenvalue weighted by Gasteiger charge is 2.30. The summed E-state index contributed by atoms with van der Waals surface area (Å²) in [4.78, 5) is 12.4. The summed E-state index contributed by atoms with van der Waals surface area (Å²) < 4.78 is 24.9. The number of sulfone groups is 1. The molecule has 23 heavy (non-hydrogen) atoms. The molecule has 1 aliphatic heterocycles. The molecule has 1 aliphatic carbocycles. The third kappa shape index (κ3) is 4.05. The maximum absolute atomic E-state index is 12.5. The van der Waals surface area contributed by atoms with Crippen molar-refractivity contribution in [1.82, 2.24) is 10.6 Å². The SMILES string of the molecule is Cl.O=C(NCC1CNC1)c1ccc(S(=O)(=O)C2CCCC2)cc1. The van der Waals surface area contributed by atoms with Crippen molar-refractivity contribution in [2.75, 3.05) is 19.6 Å². The number of hydrogen-bond donors (Lipinski definition) is 2. The molecular formula is C16H23ClN2O3S. The fourth-order valence-corrected chi connectivity index (χ4v) is 4.87. The molecule has 2 aliphatic rings. The van der Waals surface area contributed by atoms with E-state index in [1.807, 2.05) is 0 Å². The van der Waals surface area contributed by atoms with Gasteiger partial charge < -0.3 is 10.6 Å². The summed E-state index contributed by atoms with van der Waals surface area (Å²) in [5.74, 6) is 0.364. The normalized spacial score (nSPS) is 19.0. The Morgan fingerprint density at radius 2 is 1.74 bits per heavy atom. The van der Waals surface area contributed by atoms with Gasteiger partial charge in [0, 0.05) is 31.1 Å². The molecule has 2 fully saturated rings. The molecule has 128 valence electrons. The standard InChI is InChI=1S/C16H22N2O3S.ClH/c19-16(18-11-12-9-17-10-12)13-5-7-15(8-6-13)22(20,21)14-3-1-2-4-14;/h5-8,12,14,17H,1-4,9-11H2,(H,18,19);1H. The highest BCUT2D eigenvalue weighted by Crippen LogP contribution is 2.29. The molecule has 2 N–H and O–H groups in total. The van der Waals surface area contributed by atoms with E-state index in [9.17, 15) is 13.2 Å². The van der Waals surface area contributed by atoms with E-state index in [1.165, 1.54) is 0 Å². The van der Waals surface area contributed by atoms with Crippen LogP contribution in [0.4, 0.5) is 0 Å². The Morgan fingerprint density at radius 1 is 1.13 bits per heavy atom. The minimum atomic E-state index is -3.24. The number of nitrogens with one attached hydrogen (secondary N) is 2. The van der Waals surface area contributed by atoms with Gasteiger partial charge >= 0.3 is 0 Å². The molecule has 1 saturated carbocycles. The predicted octanol–water partition coefficient (Wildman–Crippen LogP) is 1.77. The highest BCUT2D eigenvalue weighted by atomic mass is 35.5. The van der Waals surface area contributed by atoms with Crippen molar-refractivity contribution >= 4 is 28.2 Å². The second-order valence-corrected chi connectivity index (χ2v) is 8.44. The van der Waals surface area contributed by atoms with Gasteiger partial charge in [0.15, 0.2) is 9.84 Å². The van der Waals surface area contributed by atoms with Gasteiger partial charge in [0.25, 0.3) is 5.91 Å². The van der Waals surface area contributed by atoms with E-state index in [0.717, 1.165) is 38.8 Å². The molecule has 0 spiro atoms. The molecular weight excluding hydrogens is 336 g/mol. The smallest absolute Gasteiger partial charge is 0.251 e. The molecule has 0 bridgehead atoms. The second-order valence-electron chi connectivity index (χ2n) is 6.21. The molecule has 1 heterocycles. The zero-order chi connectivity index (χ0) is 15.6. The van der Waals surface area contributed by atoms with Crippen molar-refractivity contribution in [3.8, 4) is 0 Å². The third-order valence-corrected chi connectivity index (χ3v) is 6.88. The maximum atomic E-state index is 12.5. The average Bonchev–Trinajstić information content (AvgIpc) is 3.00. The van der Waals surface area contributed by atoms with Gasteiger partial charge in [-0.25, -0.2) is 8.42 Å². The summed E-state index contributed by atoms with van der Waals surface area (Å²) in [5, 5.41) is 5.79. The van der Waals surface area contributed by atoms with Crippen LogP contribution >= 0.6 is 12.4 Å². The quantitative estimate of drug-likeness (QED) is 0.841. The number of carbonyl (C=O) groups excluding carboxylic acids is 1. The molecule has 1 amide bonds. The van der Waals surface area contributed by atoms with E-state index in [4.69, 9.17) is 0 Å². The van der Waals surface area contributed by atoms with E-state index in [1.54, 1.807) is 24.3 Å². The van der Waals surface area contributed by atoms with E-state index in [-0.39, 0.29) is 23.6 Å². The van der Waals surface area contributed by atoms with Gasteiger partial charge in [0.1, 0.15) is 0 Å². The number of amides is 1. The molecule has 0 aromatic heterocycles. The number of hydrogen-bond acceptors (Lipinski definition) is 4. The first kappa shape index (κ1) is 18.2. The Labute approximate surface area is 143 Å². The average molecular weight is 359 g/mol. The van der Waals surface area contributed by atoms with Crippen LogP contribution in [-0.2, 0) is 9.84 Å². The Bertz CT molecular complexity index is 636. The molecule has 1 saturated heterocycles. The summed E-state index contributed by atoms with van der Waals surface area (Å²) in [5.41, 5.74) is 0.512. The molecule has 0 unspecified atom stereocenters. The molecule has 3 rings (SSSR count). The zero-order valence-electron chi connectivity index (χ0n) is 13.0. The summed E-state index contributed by atoms with van der Waals surface area (Å²) in [6.45, 7) is 2.55. The number of carbonyl (C=O) groups is 1. The van der Waals surface area contributed by atoms with Crippen LogP contribution in [0, 0.1) is 5.92 Å². The molecule has 5 nitrogen and oxygen atoms in total. The summed E-state index contributed by atoms with van der Waals surface area (Å²) >= 11 is 0. The fraction of sp³-hybridized carbons (Fsp3) is 0.562. The molecule has 7 heteroatoms. The Hall–Kier alpha value is -1.11. The van der Waals surface area contributed by atoms with Crippen LogP contribution in [0.15, 0.2) is 29.2 Å². The van der Waals surface area contributed by atoms with E-state index < -0.39 is 9.84 Å². The van der Waals surface area contributed by atoms with Crippen molar-refractivity contribution in [2.45, 2.75) is 35.8 Å². The van der Waals surface area contributed by atoms with Gasteiger partial charge in [-0.3, -0.25) is 4.79 Å². The first-order valence-electron chi connectivity index (χ1n) is 7.90. The number of halogens is 1. The van der Waals surface area contributed by atoms with Crippen LogP contribution < -0.4 is 10.6 Å². The monoisotopic (exact) mass is 358 g/mol. The van der Waals surface area contributed by atoms with Crippen LogP contribution in [-0.4, -0.2) is 39.2 Å². The van der Waals surface area contributed by atoms with Crippen molar-refractivity contribution in [3.05, 3.63) is 29.8 Å². The zero-order valence-corrected chi connectivity index (χ0v) is 14.6. The van der Waals surface area contributed by atoms with E-state index in [2.05, 4.69) is 10.6 Å². The highest BCUT2D eigenvalue weighted by molar-refractivity contribution is 7.92. The molecule has 0 atom stereocenters. The molecule has 0 radical (unpaired) electrons. The lowest BCUT2D eigenvalue weighted by Crippen LogP contribution is -2.48. The Balaban J connectivity index is 0.00000192. The van der Waals surface area contributed by atoms with Crippen molar-refractivity contribution in [3.63, 3.8) is 0 Å². The summed E-state index contributed by atoms with van der Waals surface area (Å²) in [6, 6.07) is 6.34. The van der Waals surface area contributed by atoms with Crippen LogP contribution in [0.25, 0.3) is 0 Å². The van der Waals surface area contributed by atoms with E-state index >= 15 is 0 Å². The molecule has 1 aromatic carbocycles. The van der Waals surface area contributed by atoms with Crippen LogP contribution in [0.3, 0.4) is 0 Å². The Morgan fingerprint density at radius 3 is 2.26 bits per heavy atom. The topological polar surface area (TPSA) is 75.3 Å². The fourth-order valence-electron chi connectivity index (χ4n) is 3.02. The summed E-state index contributed by atoms with van der Waals surface area (Å²) in [6.07, 6.45) is 3.47. The van der Waals surface area contributed by atoms with Crippen LogP contribution in [0.2, 0.25) is 0 Å². The van der Waals surface area contributed by atoms with E-state index in [0.29, 0.717) is 22.9 Å². The lowest BCUT2D eigenvalue weighted by atomic mass is 10.0. The lowest BCUT2D eigenvalue weighted by molar-refractivity contribution is 0.0942. The summed E-state index contributed by atoms with van der Waals surface area (Å²) in [7, 11) is -3.24. The third-order valence-electron chi connectivity index (χ3n) is 4.60. The van der Waals surface area contributed by atoms with Gasteiger partial charge in [-0.1, -0.05) is 12.8 Å². The Kier molecular flexibility index (Phi) is 6.06. The van der Waals surface area contributed by atoms with Crippen LogP contribution in [0.1, 0.15) is 36.0 Å². The number of rotatable bonds is 5. The molecule has 1 aromatic rings. The predicted molar refractivity (Wildman–Crippen MR) is 91.8 cm³/mol. The van der Waals surface area contributed by atoms with Gasteiger partial charge in [-0.2, -0.15) is 0 Å². The van der Waals surface area contributed by atoms with Crippen molar-refractivity contribution in [2.24, 2.45) is 5.92 Å². The van der Waals surface area contributed by atoms with Gasteiger partial charge in [0.2, 0.25) is 0 Å². The largest absolute Gasteiger partial charge is 0.352 e. The second kappa shape index (κ2) is 7.64. The number of benzene rings is 1. The van der Waals surface area contributed by atoms with Gasteiger partial charge in [-0.05, 0) is 37.1 Å². The van der Waals surface area contributed by atoms with Crippen molar-refractivity contribution < 1.29 is 13.2 Å². The first-order valence-corrected chi connectivity index (χ1v) is 9.45. The minimum Gasteiger partial charge on any atom is -0.352 e. The first-order chi connectivity index (χ1) is 10.6. The lowest BCUT2D eigenvalue weighted by Gasteiger charge is -2.27. The van der Waals surface area contributed by atoms with Crippen molar-refractivity contribution in [1.29, 1.82) is 0 Å². The minimum absolute atomic E-state index is 0. The maximum Gasteiger partial charge on any atom is 0.251 e. The van der Waals surface area contributed by atoms with Gasteiger partial charge in [0.05, 0.1) is 10.1 Å².